The summed E-state index contributed by atoms with van der Waals surface area (Å²) in [5, 5.41) is 20.7. The van der Waals surface area contributed by atoms with E-state index in [0.29, 0.717) is 6.54 Å². The van der Waals surface area contributed by atoms with Crippen molar-refractivity contribution in [1.82, 2.24) is 9.29 Å². The Kier molecular flexibility index (Phi) is 6.16. The summed E-state index contributed by atoms with van der Waals surface area (Å²) in [4.78, 5) is 4.04. The van der Waals surface area contributed by atoms with Gasteiger partial charge in [0.05, 0.1) is 13.2 Å². The fourth-order valence-corrected chi connectivity index (χ4v) is 3.16. The van der Waals surface area contributed by atoms with Crippen molar-refractivity contribution in [2.24, 2.45) is 0 Å². The lowest BCUT2D eigenvalue weighted by Gasteiger charge is -2.21. The molecule has 3 N–H and O–H groups in total. The maximum atomic E-state index is 12.4. The van der Waals surface area contributed by atoms with Crippen LogP contribution in [0.3, 0.4) is 0 Å². The molecule has 108 valence electrons. The minimum absolute atomic E-state index is 0.0405. The third-order valence-electron chi connectivity index (χ3n) is 2.43. The summed E-state index contributed by atoms with van der Waals surface area (Å²) in [6.45, 7) is 1.63. The second-order valence-corrected chi connectivity index (χ2v) is 5.64. The third-order valence-corrected chi connectivity index (χ3v) is 4.36. The van der Waals surface area contributed by atoms with Gasteiger partial charge >= 0.3 is 0 Å². The first-order valence-electron chi connectivity index (χ1n) is 5.98. The Bertz CT molecular complexity index is 486. The van der Waals surface area contributed by atoms with Gasteiger partial charge in [-0.15, -0.1) is 0 Å². The van der Waals surface area contributed by atoms with Crippen LogP contribution in [-0.4, -0.2) is 60.8 Å². The van der Waals surface area contributed by atoms with E-state index in [0.717, 1.165) is 4.31 Å². The number of anilines is 1. The van der Waals surface area contributed by atoms with Crippen molar-refractivity contribution in [3.05, 3.63) is 18.3 Å². The zero-order valence-corrected chi connectivity index (χ0v) is 11.6. The minimum Gasteiger partial charge on any atom is -0.395 e. The number of hydrogen-bond acceptors (Lipinski definition) is 6. The van der Waals surface area contributed by atoms with Gasteiger partial charge in [-0.1, -0.05) is 0 Å². The van der Waals surface area contributed by atoms with Crippen LogP contribution >= 0.6 is 0 Å². The summed E-state index contributed by atoms with van der Waals surface area (Å²) in [6, 6.07) is 2.98. The van der Waals surface area contributed by atoms with Gasteiger partial charge < -0.3 is 15.5 Å². The van der Waals surface area contributed by atoms with Gasteiger partial charge in [-0.2, -0.15) is 4.31 Å². The number of rotatable bonds is 8. The molecule has 1 rings (SSSR count). The smallest absolute Gasteiger partial charge is 0.246 e. The number of aromatic nitrogens is 1. The van der Waals surface area contributed by atoms with Gasteiger partial charge in [0.15, 0.2) is 0 Å². The number of hydrogen-bond donors (Lipinski definition) is 3. The molecule has 0 aliphatic carbocycles. The zero-order chi connectivity index (χ0) is 14.3. The monoisotopic (exact) mass is 289 g/mol. The lowest BCUT2D eigenvalue weighted by molar-refractivity contribution is 0.217. The number of aliphatic hydroxyl groups is 2. The predicted octanol–water partition coefficient (Wildman–Crippen LogP) is -0.511. The second kappa shape index (κ2) is 7.39. The normalized spacial score (nSPS) is 11.8. The fourth-order valence-electron chi connectivity index (χ4n) is 1.61. The summed E-state index contributed by atoms with van der Waals surface area (Å²) >= 11 is 0. The molecular weight excluding hydrogens is 270 g/mol. The van der Waals surface area contributed by atoms with E-state index in [9.17, 15) is 8.42 Å². The van der Waals surface area contributed by atoms with Crippen molar-refractivity contribution >= 4 is 15.8 Å². The summed E-state index contributed by atoms with van der Waals surface area (Å²) in [6.07, 6.45) is 1.50. The van der Waals surface area contributed by atoms with E-state index >= 15 is 0 Å². The molecule has 0 fully saturated rings. The van der Waals surface area contributed by atoms with E-state index in [-0.39, 0.29) is 37.0 Å². The number of pyridine rings is 1. The zero-order valence-electron chi connectivity index (χ0n) is 10.8. The quantitative estimate of drug-likeness (QED) is 0.595. The molecule has 0 bridgehead atoms. The molecule has 0 spiro atoms. The lowest BCUT2D eigenvalue weighted by Crippen LogP contribution is -2.36. The standard InChI is InChI=1S/C11H19N3O4S/c1-2-12-11-10(4-3-5-13-11)19(17,18)14(6-8-15)7-9-16/h3-5,15-16H,2,6-9H2,1H3,(H,12,13). The van der Waals surface area contributed by atoms with Crippen molar-refractivity contribution in [2.45, 2.75) is 11.8 Å². The Hall–Kier alpha value is -1.22. The average Bonchev–Trinajstić information content (AvgIpc) is 2.39. The molecule has 0 amide bonds. The van der Waals surface area contributed by atoms with Crippen molar-refractivity contribution in [1.29, 1.82) is 0 Å². The van der Waals surface area contributed by atoms with E-state index in [2.05, 4.69) is 10.3 Å². The third kappa shape index (κ3) is 3.87. The Labute approximate surface area is 112 Å². The van der Waals surface area contributed by atoms with Gasteiger partial charge in [0, 0.05) is 25.8 Å². The van der Waals surface area contributed by atoms with Crippen LogP contribution in [0.2, 0.25) is 0 Å². The summed E-state index contributed by atoms with van der Waals surface area (Å²) in [5.41, 5.74) is 0. The Morgan fingerprint density at radius 2 is 1.95 bits per heavy atom. The van der Waals surface area contributed by atoms with Crippen LogP contribution in [0.15, 0.2) is 23.2 Å². The first-order valence-corrected chi connectivity index (χ1v) is 7.42. The maximum Gasteiger partial charge on any atom is 0.246 e. The molecule has 8 heteroatoms. The topological polar surface area (TPSA) is 103 Å². The van der Waals surface area contributed by atoms with Crippen molar-refractivity contribution in [2.75, 3.05) is 38.2 Å². The molecule has 7 nitrogen and oxygen atoms in total. The maximum absolute atomic E-state index is 12.4. The summed E-state index contributed by atoms with van der Waals surface area (Å²) in [7, 11) is -3.79. The molecule has 1 heterocycles. The molecule has 0 saturated heterocycles. The fraction of sp³-hybridized carbons (Fsp3) is 0.545. The first kappa shape index (κ1) is 15.8. The molecule has 1 aromatic rings. The lowest BCUT2D eigenvalue weighted by atomic mass is 10.4. The van der Waals surface area contributed by atoms with Crippen LogP contribution in [0, 0.1) is 0 Å². The number of nitrogens with one attached hydrogen (secondary N) is 1. The predicted molar refractivity (Wildman–Crippen MR) is 71.3 cm³/mol. The molecule has 0 aliphatic heterocycles. The van der Waals surface area contributed by atoms with Crippen molar-refractivity contribution in [3.8, 4) is 0 Å². The molecule has 0 aliphatic rings. The van der Waals surface area contributed by atoms with Gasteiger partial charge in [-0.25, -0.2) is 13.4 Å². The minimum atomic E-state index is -3.79. The molecule has 0 radical (unpaired) electrons. The average molecular weight is 289 g/mol. The Morgan fingerprint density at radius 3 is 2.47 bits per heavy atom. The molecule has 0 atom stereocenters. The van der Waals surface area contributed by atoms with Crippen molar-refractivity contribution in [3.63, 3.8) is 0 Å². The Balaban J connectivity index is 3.16. The first-order chi connectivity index (χ1) is 9.07. The van der Waals surface area contributed by atoms with E-state index in [4.69, 9.17) is 10.2 Å². The number of sulfonamides is 1. The summed E-state index contributed by atoms with van der Waals surface area (Å²) < 4.78 is 25.9. The van der Waals surface area contributed by atoms with E-state index < -0.39 is 10.0 Å². The summed E-state index contributed by atoms with van der Waals surface area (Å²) in [5.74, 6) is 0.269. The van der Waals surface area contributed by atoms with Gasteiger partial charge in [0.1, 0.15) is 10.7 Å². The molecule has 19 heavy (non-hydrogen) atoms. The highest BCUT2D eigenvalue weighted by Crippen LogP contribution is 2.21. The van der Waals surface area contributed by atoms with E-state index in [1.54, 1.807) is 0 Å². The van der Waals surface area contributed by atoms with Crippen LogP contribution in [0.1, 0.15) is 6.92 Å². The van der Waals surface area contributed by atoms with Gasteiger partial charge in [0.25, 0.3) is 0 Å². The van der Waals surface area contributed by atoms with Gasteiger partial charge in [-0.3, -0.25) is 0 Å². The van der Waals surface area contributed by atoms with E-state index in [1.165, 1.54) is 18.3 Å². The molecule has 0 unspecified atom stereocenters. The largest absolute Gasteiger partial charge is 0.395 e. The van der Waals surface area contributed by atoms with Crippen molar-refractivity contribution < 1.29 is 18.6 Å². The van der Waals surface area contributed by atoms with Gasteiger partial charge in [0.2, 0.25) is 10.0 Å². The SMILES string of the molecule is CCNc1ncccc1S(=O)(=O)N(CCO)CCO. The molecule has 0 saturated carbocycles. The highest BCUT2D eigenvalue weighted by atomic mass is 32.2. The Morgan fingerprint density at radius 1 is 1.32 bits per heavy atom. The van der Waals surface area contributed by atoms with Crippen LogP contribution in [0.4, 0.5) is 5.82 Å². The van der Waals surface area contributed by atoms with Crippen LogP contribution in [0.5, 0.6) is 0 Å². The van der Waals surface area contributed by atoms with E-state index in [1.807, 2.05) is 6.92 Å². The van der Waals surface area contributed by atoms with Crippen LogP contribution in [-0.2, 0) is 10.0 Å². The van der Waals surface area contributed by atoms with Crippen LogP contribution < -0.4 is 5.32 Å². The second-order valence-electron chi connectivity index (χ2n) is 3.73. The highest BCUT2D eigenvalue weighted by Gasteiger charge is 2.26. The molecule has 0 aromatic carbocycles. The molecule has 1 aromatic heterocycles. The number of aliphatic hydroxyl groups excluding tert-OH is 2. The van der Waals surface area contributed by atoms with Gasteiger partial charge in [-0.05, 0) is 19.1 Å². The van der Waals surface area contributed by atoms with Crippen LogP contribution in [0.25, 0.3) is 0 Å². The molecular formula is C11H19N3O4S. The highest BCUT2D eigenvalue weighted by molar-refractivity contribution is 7.89. The number of nitrogens with zero attached hydrogens (tertiary/aromatic N) is 2.